The summed E-state index contributed by atoms with van der Waals surface area (Å²) in [5.74, 6) is 0.0192. The molecule has 0 aliphatic heterocycles. The second-order valence-electron chi connectivity index (χ2n) is 5.34. The molecule has 0 spiro atoms. The summed E-state index contributed by atoms with van der Waals surface area (Å²) in [7, 11) is 0. The van der Waals surface area contributed by atoms with Crippen molar-refractivity contribution in [3.63, 3.8) is 0 Å². The molecule has 2 aromatic carbocycles. The third-order valence-corrected chi connectivity index (χ3v) is 6.97. The van der Waals surface area contributed by atoms with Gasteiger partial charge >= 0.3 is 0 Å². The van der Waals surface area contributed by atoms with Gasteiger partial charge in [-0.3, -0.25) is 0 Å². The van der Waals surface area contributed by atoms with E-state index in [1.54, 1.807) is 36.1 Å². The molecule has 0 fully saturated rings. The molecule has 3 rings (SSSR count). The lowest BCUT2D eigenvalue weighted by molar-refractivity contribution is 0.477. The SMILES string of the molecule is Cc1c(Cl)cc(NCc2ccsc2Sc2ccc(Cl)cc2)c(O)c1Cl. The van der Waals surface area contributed by atoms with Crippen molar-refractivity contribution in [2.45, 2.75) is 22.6 Å². The molecule has 0 aliphatic carbocycles. The van der Waals surface area contributed by atoms with E-state index in [2.05, 4.69) is 11.4 Å². The van der Waals surface area contributed by atoms with Gasteiger partial charge < -0.3 is 10.4 Å². The normalized spacial score (nSPS) is 10.9. The van der Waals surface area contributed by atoms with Crippen molar-refractivity contribution in [2.75, 3.05) is 5.32 Å². The zero-order valence-electron chi connectivity index (χ0n) is 13.1. The Bertz CT molecular complexity index is 894. The van der Waals surface area contributed by atoms with Gasteiger partial charge in [-0.2, -0.15) is 0 Å². The summed E-state index contributed by atoms with van der Waals surface area (Å²) in [6.07, 6.45) is 0. The Kier molecular flexibility index (Phi) is 6.08. The van der Waals surface area contributed by atoms with Gasteiger partial charge in [0, 0.05) is 21.5 Å². The van der Waals surface area contributed by atoms with Crippen molar-refractivity contribution in [1.29, 1.82) is 0 Å². The van der Waals surface area contributed by atoms with E-state index in [-0.39, 0.29) is 10.8 Å². The van der Waals surface area contributed by atoms with Gasteiger partial charge in [0.15, 0.2) is 5.75 Å². The Labute approximate surface area is 169 Å². The number of rotatable bonds is 5. The van der Waals surface area contributed by atoms with Gasteiger partial charge in [0.05, 0.1) is 14.9 Å². The highest BCUT2D eigenvalue weighted by atomic mass is 35.5. The first-order valence-electron chi connectivity index (χ1n) is 7.37. The Balaban J connectivity index is 1.75. The molecule has 0 saturated heterocycles. The van der Waals surface area contributed by atoms with E-state index in [0.29, 0.717) is 22.8 Å². The maximum Gasteiger partial charge on any atom is 0.157 e. The predicted molar refractivity (Wildman–Crippen MR) is 110 cm³/mol. The number of hydrogen-bond donors (Lipinski definition) is 2. The van der Waals surface area contributed by atoms with E-state index in [9.17, 15) is 5.11 Å². The van der Waals surface area contributed by atoms with E-state index in [1.807, 2.05) is 29.6 Å². The molecule has 0 atom stereocenters. The molecule has 25 heavy (non-hydrogen) atoms. The number of hydrogen-bond acceptors (Lipinski definition) is 4. The number of phenolic OH excluding ortho intramolecular Hbond substituents is 1. The average Bonchev–Trinajstić information content (AvgIpc) is 3.04. The Morgan fingerprint density at radius 3 is 2.56 bits per heavy atom. The molecule has 0 aliphatic rings. The summed E-state index contributed by atoms with van der Waals surface area (Å²) in [6.45, 7) is 2.33. The van der Waals surface area contributed by atoms with Crippen molar-refractivity contribution in [3.05, 3.63) is 68.0 Å². The maximum absolute atomic E-state index is 10.2. The summed E-state index contributed by atoms with van der Waals surface area (Å²) in [4.78, 5) is 1.12. The van der Waals surface area contributed by atoms with E-state index >= 15 is 0 Å². The molecule has 7 heteroatoms. The largest absolute Gasteiger partial charge is 0.504 e. The maximum atomic E-state index is 10.2. The van der Waals surface area contributed by atoms with Gasteiger partial charge in [0.1, 0.15) is 0 Å². The van der Waals surface area contributed by atoms with Crippen LogP contribution in [-0.2, 0) is 6.54 Å². The van der Waals surface area contributed by atoms with Crippen LogP contribution in [0.2, 0.25) is 15.1 Å². The second-order valence-corrected chi connectivity index (χ2v) is 8.82. The van der Waals surface area contributed by atoms with E-state index in [0.717, 1.165) is 15.5 Å². The van der Waals surface area contributed by atoms with Crippen LogP contribution < -0.4 is 5.32 Å². The van der Waals surface area contributed by atoms with Crippen LogP contribution in [0.5, 0.6) is 5.75 Å². The van der Waals surface area contributed by atoms with Gasteiger partial charge in [-0.05, 0) is 59.8 Å². The van der Waals surface area contributed by atoms with Crippen LogP contribution in [0.25, 0.3) is 0 Å². The number of anilines is 1. The summed E-state index contributed by atoms with van der Waals surface area (Å²) >= 11 is 21.6. The lowest BCUT2D eigenvalue weighted by Gasteiger charge is -2.13. The van der Waals surface area contributed by atoms with E-state index < -0.39 is 0 Å². The smallest absolute Gasteiger partial charge is 0.157 e. The first-order valence-corrected chi connectivity index (χ1v) is 10.2. The minimum Gasteiger partial charge on any atom is -0.504 e. The highest BCUT2D eigenvalue weighted by molar-refractivity contribution is 8.01. The minimum absolute atomic E-state index is 0.0192. The van der Waals surface area contributed by atoms with Crippen molar-refractivity contribution in [2.24, 2.45) is 0 Å². The quantitative estimate of drug-likeness (QED) is 0.411. The molecule has 3 aromatic rings. The Morgan fingerprint density at radius 1 is 1.12 bits per heavy atom. The van der Waals surface area contributed by atoms with Crippen LogP contribution >= 0.6 is 57.9 Å². The fourth-order valence-corrected chi connectivity index (χ4v) is 4.82. The zero-order chi connectivity index (χ0) is 18.0. The Hall–Kier alpha value is -1.04. The first kappa shape index (κ1) is 18.7. The Morgan fingerprint density at radius 2 is 1.84 bits per heavy atom. The first-order chi connectivity index (χ1) is 12.0. The second kappa shape index (κ2) is 8.11. The summed E-state index contributed by atoms with van der Waals surface area (Å²) in [6, 6.07) is 11.5. The topological polar surface area (TPSA) is 32.3 Å². The molecule has 1 aromatic heterocycles. The van der Waals surface area contributed by atoms with Gasteiger partial charge in [0.2, 0.25) is 0 Å². The molecule has 0 unspecified atom stereocenters. The van der Waals surface area contributed by atoms with Crippen LogP contribution in [0.3, 0.4) is 0 Å². The summed E-state index contributed by atoms with van der Waals surface area (Å²) < 4.78 is 1.18. The predicted octanol–water partition coefficient (Wildman–Crippen LogP) is 7.49. The molecule has 2 nitrogen and oxygen atoms in total. The fourth-order valence-electron chi connectivity index (χ4n) is 2.18. The number of nitrogens with one attached hydrogen (secondary N) is 1. The molecular weight excluding hydrogens is 417 g/mol. The standard InChI is InChI=1S/C18H14Cl3NOS2/c1-10-14(20)8-15(17(23)16(10)21)22-9-11-6-7-24-18(11)25-13-4-2-12(19)3-5-13/h2-8,22-23H,9H2,1H3. The molecule has 130 valence electrons. The van der Waals surface area contributed by atoms with Crippen LogP contribution in [0.15, 0.2) is 50.9 Å². The van der Waals surface area contributed by atoms with Crippen LogP contribution in [-0.4, -0.2) is 5.11 Å². The van der Waals surface area contributed by atoms with Crippen molar-refractivity contribution in [1.82, 2.24) is 0 Å². The van der Waals surface area contributed by atoms with Crippen molar-refractivity contribution < 1.29 is 5.11 Å². The number of aromatic hydroxyl groups is 1. The number of halogens is 3. The van der Waals surface area contributed by atoms with Crippen LogP contribution in [0.1, 0.15) is 11.1 Å². The number of benzene rings is 2. The third kappa shape index (κ3) is 4.39. The number of thiophene rings is 1. The molecule has 0 saturated carbocycles. The molecular formula is C18H14Cl3NOS2. The van der Waals surface area contributed by atoms with Gasteiger partial charge in [0.25, 0.3) is 0 Å². The molecule has 2 N–H and O–H groups in total. The van der Waals surface area contributed by atoms with Crippen molar-refractivity contribution in [3.8, 4) is 5.75 Å². The molecule has 0 amide bonds. The highest BCUT2D eigenvalue weighted by Gasteiger charge is 2.13. The lowest BCUT2D eigenvalue weighted by atomic mass is 10.2. The summed E-state index contributed by atoms with van der Waals surface area (Å²) in [5, 5.41) is 17.0. The monoisotopic (exact) mass is 429 g/mol. The zero-order valence-corrected chi connectivity index (χ0v) is 17.0. The average molecular weight is 431 g/mol. The molecule has 0 radical (unpaired) electrons. The van der Waals surface area contributed by atoms with Gasteiger partial charge in [-0.15, -0.1) is 11.3 Å². The van der Waals surface area contributed by atoms with E-state index in [1.165, 1.54) is 4.21 Å². The van der Waals surface area contributed by atoms with Gasteiger partial charge in [-0.25, -0.2) is 0 Å². The highest BCUT2D eigenvalue weighted by Crippen LogP contribution is 2.40. The summed E-state index contributed by atoms with van der Waals surface area (Å²) in [5.41, 5.74) is 2.33. The molecule has 1 heterocycles. The minimum atomic E-state index is 0.0192. The number of phenols is 1. The van der Waals surface area contributed by atoms with Crippen LogP contribution in [0.4, 0.5) is 5.69 Å². The third-order valence-electron chi connectivity index (χ3n) is 3.62. The van der Waals surface area contributed by atoms with Crippen molar-refractivity contribution >= 4 is 63.6 Å². The van der Waals surface area contributed by atoms with Gasteiger partial charge in [-0.1, -0.05) is 46.6 Å². The van der Waals surface area contributed by atoms with E-state index in [4.69, 9.17) is 34.8 Å². The molecule has 0 bridgehead atoms. The van der Waals surface area contributed by atoms with Crippen LogP contribution in [0, 0.1) is 6.92 Å². The fraction of sp³-hybridized carbons (Fsp3) is 0.111. The lowest BCUT2D eigenvalue weighted by Crippen LogP contribution is -2.00.